The molecule has 17 heavy (non-hydrogen) atoms. The van der Waals surface area contributed by atoms with E-state index in [0.29, 0.717) is 12.5 Å². The zero-order valence-corrected chi connectivity index (χ0v) is 9.97. The van der Waals surface area contributed by atoms with Gasteiger partial charge in [0.1, 0.15) is 6.04 Å². The van der Waals surface area contributed by atoms with Crippen molar-refractivity contribution in [3.8, 4) is 0 Å². The Morgan fingerprint density at radius 3 is 2.65 bits per heavy atom. The van der Waals surface area contributed by atoms with Crippen molar-refractivity contribution in [2.24, 2.45) is 0 Å². The first-order chi connectivity index (χ1) is 8.16. The van der Waals surface area contributed by atoms with Gasteiger partial charge in [0.25, 0.3) is 0 Å². The molecule has 1 unspecified atom stereocenters. The highest BCUT2D eigenvalue weighted by Crippen LogP contribution is 2.20. The summed E-state index contributed by atoms with van der Waals surface area (Å²) >= 11 is 0. The van der Waals surface area contributed by atoms with E-state index in [0.717, 1.165) is 18.4 Å². The molecule has 0 bridgehead atoms. The molecule has 0 aromatic heterocycles. The van der Waals surface area contributed by atoms with Crippen LogP contribution in [0.4, 0.5) is 0 Å². The van der Waals surface area contributed by atoms with Crippen LogP contribution in [0.25, 0.3) is 0 Å². The SMILES string of the molecule is CN(NC1CC1)C(Cc1ccccc1)C(=O)O. The van der Waals surface area contributed by atoms with Crippen molar-refractivity contribution in [3.63, 3.8) is 0 Å². The maximum Gasteiger partial charge on any atom is 0.322 e. The minimum Gasteiger partial charge on any atom is -0.480 e. The van der Waals surface area contributed by atoms with E-state index in [-0.39, 0.29) is 0 Å². The number of nitrogens with zero attached hydrogens (tertiary/aromatic N) is 1. The van der Waals surface area contributed by atoms with Gasteiger partial charge in [-0.1, -0.05) is 30.3 Å². The number of carbonyl (C=O) groups is 1. The largest absolute Gasteiger partial charge is 0.480 e. The van der Waals surface area contributed by atoms with E-state index in [9.17, 15) is 9.90 Å². The van der Waals surface area contributed by atoms with E-state index in [1.807, 2.05) is 30.3 Å². The molecule has 1 aliphatic rings. The van der Waals surface area contributed by atoms with Gasteiger partial charge in [-0.2, -0.15) is 0 Å². The van der Waals surface area contributed by atoms with Crippen LogP contribution in [0.3, 0.4) is 0 Å². The van der Waals surface area contributed by atoms with Crippen molar-refractivity contribution in [2.45, 2.75) is 31.3 Å². The van der Waals surface area contributed by atoms with Crippen molar-refractivity contribution in [3.05, 3.63) is 35.9 Å². The lowest BCUT2D eigenvalue weighted by Crippen LogP contribution is -2.48. The molecular formula is C13H18N2O2. The molecule has 2 rings (SSSR count). The standard InChI is InChI=1S/C13H18N2O2/c1-15(14-11-7-8-11)12(13(16)17)9-10-5-3-2-4-6-10/h2-6,11-12,14H,7-9H2,1H3,(H,16,17). The first-order valence-corrected chi connectivity index (χ1v) is 5.92. The molecule has 0 amide bonds. The van der Waals surface area contributed by atoms with Gasteiger partial charge in [-0.15, -0.1) is 0 Å². The quantitative estimate of drug-likeness (QED) is 0.728. The fraction of sp³-hybridized carbons (Fsp3) is 0.462. The number of nitrogens with one attached hydrogen (secondary N) is 1. The van der Waals surface area contributed by atoms with E-state index in [1.54, 1.807) is 12.1 Å². The van der Waals surface area contributed by atoms with Gasteiger partial charge in [-0.25, -0.2) is 5.01 Å². The second kappa shape index (κ2) is 5.29. The Kier molecular flexibility index (Phi) is 3.76. The minimum absolute atomic E-state index is 0.470. The number of rotatable bonds is 6. The summed E-state index contributed by atoms with van der Waals surface area (Å²) in [4.78, 5) is 11.3. The Labute approximate surface area is 101 Å². The topological polar surface area (TPSA) is 52.6 Å². The highest BCUT2D eigenvalue weighted by atomic mass is 16.4. The normalized spacial score (nSPS) is 17.1. The Morgan fingerprint density at radius 1 is 1.47 bits per heavy atom. The smallest absolute Gasteiger partial charge is 0.322 e. The molecule has 0 saturated heterocycles. The lowest BCUT2D eigenvalue weighted by molar-refractivity contribution is -0.144. The van der Waals surface area contributed by atoms with E-state index < -0.39 is 12.0 Å². The summed E-state index contributed by atoms with van der Waals surface area (Å²) in [6, 6.07) is 9.67. The maximum absolute atomic E-state index is 11.3. The van der Waals surface area contributed by atoms with Gasteiger partial charge >= 0.3 is 5.97 Å². The van der Waals surface area contributed by atoms with Crippen molar-refractivity contribution in [1.82, 2.24) is 10.4 Å². The van der Waals surface area contributed by atoms with Crippen LogP contribution in [0.5, 0.6) is 0 Å². The number of likely N-dealkylation sites (N-methyl/N-ethyl adjacent to an activating group) is 1. The average Bonchev–Trinajstić information content (AvgIpc) is 3.10. The maximum atomic E-state index is 11.3. The first kappa shape index (κ1) is 12.1. The number of hydrogen-bond acceptors (Lipinski definition) is 3. The Bertz CT molecular complexity index is 376. The van der Waals surface area contributed by atoms with Gasteiger partial charge in [0, 0.05) is 13.1 Å². The molecule has 0 spiro atoms. The number of benzene rings is 1. The van der Waals surface area contributed by atoms with E-state index in [1.165, 1.54) is 0 Å². The molecule has 1 aromatic rings. The number of carboxylic acids is 1. The second-order valence-corrected chi connectivity index (χ2v) is 4.56. The van der Waals surface area contributed by atoms with Gasteiger partial charge in [0.05, 0.1) is 0 Å². The van der Waals surface area contributed by atoms with Crippen molar-refractivity contribution in [1.29, 1.82) is 0 Å². The Morgan fingerprint density at radius 2 is 2.12 bits per heavy atom. The highest BCUT2D eigenvalue weighted by Gasteiger charge is 2.28. The van der Waals surface area contributed by atoms with Crippen LogP contribution < -0.4 is 5.43 Å². The van der Waals surface area contributed by atoms with Crippen LogP contribution in [0.15, 0.2) is 30.3 Å². The minimum atomic E-state index is -0.787. The molecule has 1 aliphatic carbocycles. The summed E-state index contributed by atoms with van der Waals surface area (Å²) in [6.45, 7) is 0. The first-order valence-electron chi connectivity index (χ1n) is 5.92. The molecule has 1 saturated carbocycles. The molecule has 4 nitrogen and oxygen atoms in total. The fourth-order valence-electron chi connectivity index (χ4n) is 1.82. The molecule has 0 aliphatic heterocycles. The van der Waals surface area contributed by atoms with Gasteiger partial charge in [-0.3, -0.25) is 10.2 Å². The zero-order chi connectivity index (χ0) is 12.3. The molecule has 4 heteroatoms. The number of hydrazine groups is 1. The summed E-state index contributed by atoms with van der Waals surface area (Å²) in [5.74, 6) is -0.787. The third-order valence-corrected chi connectivity index (χ3v) is 2.99. The predicted molar refractivity (Wildman–Crippen MR) is 65.5 cm³/mol. The third-order valence-electron chi connectivity index (χ3n) is 2.99. The third kappa shape index (κ3) is 3.54. The number of carboxylic acid groups (broad SMARTS) is 1. The van der Waals surface area contributed by atoms with Crippen LogP contribution >= 0.6 is 0 Å². The molecule has 0 radical (unpaired) electrons. The van der Waals surface area contributed by atoms with E-state index in [2.05, 4.69) is 5.43 Å². The second-order valence-electron chi connectivity index (χ2n) is 4.56. The highest BCUT2D eigenvalue weighted by molar-refractivity contribution is 5.73. The summed E-state index contributed by atoms with van der Waals surface area (Å²) in [5, 5.41) is 11.0. The van der Waals surface area contributed by atoms with Crippen molar-refractivity contribution < 1.29 is 9.90 Å². The number of hydrogen-bond donors (Lipinski definition) is 2. The van der Waals surface area contributed by atoms with Gasteiger partial charge in [-0.05, 0) is 24.8 Å². The summed E-state index contributed by atoms with van der Waals surface area (Å²) in [6.07, 6.45) is 2.80. The molecule has 1 fully saturated rings. The molecular weight excluding hydrogens is 216 g/mol. The molecule has 0 heterocycles. The molecule has 1 aromatic carbocycles. The van der Waals surface area contributed by atoms with Gasteiger partial charge in [0.2, 0.25) is 0 Å². The Balaban J connectivity index is 1.98. The monoisotopic (exact) mass is 234 g/mol. The molecule has 92 valence electrons. The van der Waals surface area contributed by atoms with Crippen LogP contribution in [-0.2, 0) is 11.2 Å². The predicted octanol–water partition coefficient (Wildman–Crippen LogP) is 1.28. The lowest BCUT2D eigenvalue weighted by Gasteiger charge is -2.25. The van der Waals surface area contributed by atoms with Crippen molar-refractivity contribution >= 4 is 5.97 Å². The summed E-state index contributed by atoms with van der Waals surface area (Å²) in [7, 11) is 1.81. The lowest BCUT2D eigenvalue weighted by atomic mass is 10.1. The Hall–Kier alpha value is -1.39. The fourth-order valence-corrected chi connectivity index (χ4v) is 1.82. The van der Waals surface area contributed by atoms with Crippen LogP contribution in [0, 0.1) is 0 Å². The van der Waals surface area contributed by atoms with Crippen LogP contribution in [0.2, 0.25) is 0 Å². The average molecular weight is 234 g/mol. The van der Waals surface area contributed by atoms with Gasteiger partial charge in [0.15, 0.2) is 0 Å². The van der Waals surface area contributed by atoms with E-state index in [4.69, 9.17) is 0 Å². The van der Waals surface area contributed by atoms with Crippen LogP contribution in [-0.4, -0.2) is 35.2 Å². The molecule has 2 N–H and O–H groups in total. The van der Waals surface area contributed by atoms with Crippen LogP contribution in [0.1, 0.15) is 18.4 Å². The summed E-state index contributed by atoms with van der Waals surface area (Å²) in [5.41, 5.74) is 4.25. The van der Waals surface area contributed by atoms with Crippen molar-refractivity contribution in [2.75, 3.05) is 7.05 Å². The zero-order valence-electron chi connectivity index (χ0n) is 9.97. The molecule has 1 atom stereocenters. The number of aliphatic carboxylic acids is 1. The van der Waals surface area contributed by atoms with E-state index >= 15 is 0 Å². The van der Waals surface area contributed by atoms with Gasteiger partial charge < -0.3 is 5.11 Å². The summed E-state index contributed by atoms with van der Waals surface area (Å²) < 4.78 is 0.